The molecule has 2 atom stereocenters. The van der Waals surface area contributed by atoms with Gasteiger partial charge in [-0.05, 0) is 42.0 Å². The molecular formula is C21H26N2O. The Morgan fingerprint density at radius 1 is 1.00 bits per heavy atom. The van der Waals surface area contributed by atoms with Gasteiger partial charge in [-0.2, -0.15) is 0 Å². The van der Waals surface area contributed by atoms with Gasteiger partial charge in [0, 0.05) is 0 Å². The number of hydrogen-bond donors (Lipinski definition) is 1. The van der Waals surface area contributed by atoms with Gasteiger partial charge in [0.1, 0.15) is 0 Å². The summed E-state index contributed by atoms with van der Waals surface area (Å²) < 4.78 is 0. The maximum atomic E-state index is 11.9. The van der Waals surface area contributed by atoms with E-state index in [1.165, 1.54) is 16.7 Å². The number of amides is 1. The number of carbonyl (C=O) groups excluding carboxylic acids is 1. The minimum atomic E-state index is -0.216. The largest absolute Gasteiger partial charge is 0.368 e. The quantitative estimate of drug-likeness (QED) is 0.909. The summed E-state index contributed by atoms with van der Waals surface area (Å²) in [5, 5.41) is 0. The Bertz CT molecular complexity index is 679. The van der Waals surface area contributed by atoms with Gasteiger partial charge < -0.3 is 5.73 Å². The maximum Gasteiger partial charge on any atom is 0.234 e. The SMILES string of the molecule is CC(C)c1ccc(C(c2ccccc2)N2CCCC2C(N)=O)cc1. The minimum Gasteiger partial charge on any atom is -0.368 e. The molecule has 0 aliphatic carbocycles. The molecule has 3 rings (SSSR count). The molecule has 0 spiro atoms. The number of likely N-dealkylation sites (tertiary alicyclic amines) is 1. The molecule has 0 radical (unpaired) electrons. The van der Waals surface area contributed by atoms with Crippen molar-refractivity contribution in [3.05, 3.63) is 71.3 Å². The third-order valence-corrected chi connectivity index (χ3v) is 4.99. The predicted octanol–water partition coefficient (Wildman–Crippen LogP) is 3.85. The Balaban J connectivity index is 2.01. The van der Waals surface area contributed by atoms with Crippen LogP contribution in [-0.2, 0) is 4.79 Å². The molecule has 2 aromatic carbocycles. The van der Waals surface area contributed by atoms with Crippen molar-refractivity contribution in [2.45, 2.75) is 44.7 Å². The lowest BCUT2D eigenvalue weighted by Crippen LogP contribution is -2.42. The van der Waals surface area contributed by atoms with Crippen molar-refractivity contribution in [3.63, 3.8) is 0 Å². The molecule has 1 heterocycles. The Morgan fingerprint density at radius 2 is 1.58 bits per heavy atom. The van der Waals surface area contributed by atoms with E-state index >= 15 is 0 Å². The highest BCUT2D eigenvalue weighted by Crippen LogP contribution is 2.35. The molecule has 3 nitrogen and oxygen atoms in total. The van der Waals surface area contributed by atoms with Crippen LogP contribution < -0.4 is 5.73 Å². The van der Waals surface area contributed by atoms with Gasteiger partial charge in [0.2, 0.25) is 5.91 Å². The third-order valence-electron chi connectivity index (χ3n) is 4.99. The van der Waals surface area contributed by atoms with Crippen molar-refractivity contribution in [2.75, 3.05) is 6.54 Å². The van der Waals surface area contributed by atoms with E-state index in [9.17, 15) is 4.79 Å². The lowest BCUT2D eigenvalue weighted by Gasteiger charge is -2.32. The first-order chi connectivity index (χ1) is 11.6. The standard InChI is InChI=1S/C21H26N2O/c1-15(2)16-10-12-18(13-11-16)20(17-7-4-3-5-8-17)23-14-6-9-19(23)21(22)24/h3-5,7-8,10-13,15,19-20H,6,9,14H2,1-2H3,(H2,22,24). The Kier molecular flexibility index (Phi) is 5.00. The van der Waals surface area contributed by atoms with E-state index in [4.69, 9.17) is 5.73 Å². The van der Waals surface area contributed by atoms with Crippen LogP contribution in [-0.4, -0.2) is 23.4 Å². The lowest BCUT2D eigenvalue weighted by molar-refractivity contribution is -0.122. The average molecular weight is 322 g/mol. The van der Waals surface area contributed by atoms with Crippen molar-refractivity contribution in [2.24, 2.45) is 5.73 Å². The van der Waals surface area contributed by atoms with Gasteiger partial charge in [-0.3, -0.25) is 9.69 Å². The van der Waals surface area contributed by atoms with Gasteiger partial charge in [-0.1, -0.05) is 68.4 Å². The molecule has 2 aromatic rings. The summed E-state index contributed by atoms with van der Waals surface area (Å²) in [5.74, 6) is 0.298. The van der Waals surface area contributed by atoms with Crippen LogP contribution in [0.1, 0.15) is 55.3 Å². The van der Waals surface area contributed by atoms with E-state index in [2.05, 4.69) is 67.3 Å². The predicted molar refractivity (Wildman–Crippen MR) is 97.7 cm³/mol. The fourth-order valence-corrected chi connectivity index (χ4v) is 3.68. The normalized spacial score (nSPS) is 19.5. The number of rotatable bonds is 5. The van der Waals surface area contributed by atoms with Crippen LogP contribution in [0.3, 0.4) is 0 Å². The van der Waals surface area contributed by atoms with Crippen LogP contribution in [0.5, 0.6) is 0 Å². The molecule has 0 saturated carbocycles. The van der Waals surface area contributed by atoms with Gasteiger partial charge in [0.25, 0.3) is 0 Å². The molecule has 1 saturated heterocycles. The lowest BCUT2D eigenvalue weighted by atomic mass is 9.93. The second-order valence-corrected chi connectivity index (χ2v) is 6.93. The van der Waals surface area contributed by atoms with Crippen LogP contribution in [0.2, 0.25) is 0 Å². The molecule has 2 N–H and O–H groups in total. The summed E-state index contributed by atoms with van der Waals surface area (Å²) in [5.41, 5.74) is 9.43. The molecule has 1 aliphatic heterocycles. The first-order valence-corrected chi connectivity index (χ1v) is 8.78. The van der Waals surface area contributed by atoms with E-state index in [0.29, 0.717) is 5.92 Å². The van der Waals surface area contributed by atoms with Gasteiger partial charge in [0.15, 0.2) is 0 Å². The van der Waals surface area contributed by atoms with Crippen LogP contribution >= 0.6 is 0 Å². The zero-order chi connectivity index (χ0) is 17.1. The minimum absolute atomic E-state index is 0.0763. The number of primary amides is 1. The van der Waals surface area contributed by atoms with Crippen LogP contribution in [0.4, 0.5) is 0 Å². The van der Waals surface area contributed by atoms with E-state index in [0.717, 1.165) is 19.4 Å². The Morgan fingerprint density at radius 3 is 2.17 bits per heavy atom. The zero-order valence-corrected chi connectivity index (χ0v) is 14.5. The fraction of sp³-hybridized carbons (Fsp3) is 0.381. The number of nitrogens with zero attached hydrogens (tertiary/aromatic N) is 1. The summed E-state index contributed by atoms with van der Waals surface area (Å²) in [6, 6.07) is 19.1. The maximum absolute atomic E-state index is 11.9. The monoisotopic (exact) mass is 322 g/mol. The molecule has 0 bridgehead atoms. The smallest absolute Gasteiger partial charge is 0.234 e. The molecule has 24 heavy (non-hydrogen) atoms. The van der Waals surface area contributed by atoms with Crippen LogP contribution in [0.25, 0.3) is 0 Å². The van der Waals surface area contributed by atoms with E-state index in [1.54, 1.807) is 0 Å². The molecule has 3 heteroatoms. The number of hydrogen-bond acceptors (Lipinski definition) is 2. The first-order valence-electron chi connectivity index (χ1n) is 8.78. The van der Waals surface area contributed by atoms with E-state index in [-0.39, 0.29) is 18.0 Å². The summed E-state index contributed by atoms with van der Waals surface area (Å²) in [4.78, 5) is 14.2. The van der Waals surface area contributed by atoms with Crippen molar-refractivity contribution >= 4 is 5.91 Å². The average Bonchev–Trinajstić information content (AvgIpc) is 3.06. The van der Waals surface area contributed by atoms with E-state index < -0.39 is 0 Å². The number of benzene rings is 2. The fourth-order valence-electron chi connectivity index (χ4n) is 3.68. The molecule has 126 valence electrons. The molecule has 1 amide bonds. The van der Waals surface area contributed by atoms with Gasteiger partial charge in [0.05, 0.1) is 12.1 Å². The highest BCUT2D eigenvalue weighted by molar-refractivity contribution is 5.80. The second-order valence-electron chi connectivity index (χ2n) is 6.93. The molecular weight excluding hydrogens is 296 g/mol. The van der Waals surface area contributed by atoms with Crippen molar-refractivity contribution in [1.82, 2.24) is 4.90 Å². The summed E-state index contributed by atoms with van der Waals surface area (Å²) in [6.07, 6.45) is 1.86. The van der Waals surface area contributed by atoms with Crippen molar-refractivity contribution < 1.29 is 4.79 Å². The van der Waals surface area contributed by atoms with Gasteiger partial charge in [-0.15, -0.1) is 0 Å². The Hall–Kier alpha value is -2.13. The Labute approximate surface area is 144 Å². The summed E-state index contributed by atoms with van der Waals surface area (Å²) in [7, 11) is 0. The van der Waals surface area contributed by atoms with Crippen molar-refractivity contribution in [1.29, 1.82) is 0 Å². The van der Waals surface area contributed by atoms with Crippen LogP contribution in [0, 0.1) is 0 Å². The van der Waals surface area contributed by atoms with Gasteiger partial charge in [-0.25, -0.2) is 0 Å². The third kappa shape index (κ3) is 3.36. The highest BCUT2D eigenvalue weighted by Gasteiger charge is 2.35. The molecule has 1 fully saturated rings. The number of nitrogens with two attached hydrogens (primary N) is 1. The van der Waals surface area contributed by atoms with Gasteiger partial charge >= 0.3 is 0 Å². The highest BCUT2D eigenvalue weighted by atomic mass is 16.1. The summed E-state index contributed by atoms with van der Waals surface area (Å²) >= 11 is 0. The summed E-state index contributed by atoms with van der Waals surface area (Å²) in [6.45, 7) is 5.31. The van der Waals surface area contributed by atoms with E-state index in [1.807, 2.05) is 6.07 Å². The molecule has 2 unspecified atom stereocenters. The molecule has 0 aromatic heterocycles. The second kappa shape index (κ2) is 7.18. The topological polar surface area (TPSA) is 46.3 Å². The van der Waals surface area contributed by atoms with Crippen LogP contribution in [0.15, 0.2) is 54.6 Å². The van der Waals surface area contributed by atoms with Crippen molar-refractivity contribution in [3.8, 4) is 0 Å². The zero-order valence-electron chi connectivity index (χ0n) is 14.5. The first kappa shape index (κ1) is 16.7. The number of carbonyl (C=O) groups is 1. The molecule has 1 aliphatic rings.